The van der Waals surface area contributed by atoms with Crippen LogP contribution in [0.3, 0.4) is 0 Å². The van der Waals surface area contributed by atoms with E-state index in [9.17, 15) is 9.50 Å². The Balaban J connectivity index is 1.82. The fourth-order valence-corrected chi connectivity index (χ4v) is 2.95. The summed E-state index contributed by atoms with van der Waals surface area (Å²) in [6.45, 7) is 1.23. The molecule has 2 atom stereocenters. The molecule has 0 radical (unpaired) electrons. The minimum atomic E-state index is -0.529. The van der Waals surface area contributed by atoms with Crippen molar-refractivity contribution in [3.8, 4) is 0 Å². The number of benzene rings is 1. The number of aliphatic hydroxyl groups is 1. The standard InChI is InChI=1S/C14H17FO3/c15-11-3-1-10(2-4-11)12-9-14(6-5-13(12)16)17-7-8-18-14/h1-4,12-13,16H,5-9H2/t12-,13+/m1/s1. The molecule has 1 saturated carbocycles. The molecule has 1 spiro atoms. The van der Waals surface area contributed by atoms with E-state index in [0.717, 1.165) is 12.0 Å². The van der Waals surface area contributed by atoms with Crippen molar-refractivity contribution in [1.29, 1.82) is 0 Å². The Kier molecular flexibility index (Phi) is 3.09. The summed E-state index contributed by atoms with van der Waals surface area (Å²) in [5, 5.41) is 10.1. The van der Waals surface area contributed by atoms with Crippen LogP contribution in [0.4, 0.5) is 4.39 Å². The van der Waals surface area contributed by atoms with Gasteiger partial charge in [0.1, 0.15) is 5.82 Å². The fourth-order valence-electron chi connectivity index (χ4n) is 2.95. The minimum Gasteiger partial charge on any atom is -0.392 e. The SMILES string of the molecule is O[C@H]1CCC2(C[C@@H]1c1ccc(F)cc1)OCCO2. The van der Waals surface area contributed by atoms with Gasteiger partial charge in [-0.15, -0.1) is 0 Å². The van der Waals surface area contributed by atoms with Crippen molar-refractivity contribution in [2.45, 2.75) is 37.1 Å². The average Bonchev–Trinajstić information content (AvgIpc) is 2.82. The predicted molar refractivity (Wildman–Crippen MR) is 63.6 cm³/mol. The topological polar surface area (TPSA) is 38.7 Å². The molecule has 1 N–H and O–H groups in total. The second-order valence-electron chi connectivity index (χ2n) is 5.08. The lowest BCUT2D eigenvalue weighted by atomic mass is 9.78. The second-order valence-corrected chi connectivity index (χ2v) is 5.08. The molecule has 3 nitrogen and oxygen atoms in total. The number of hydrogen-bond acceptors (Lipinski definition) is 3. The third-order valence-electron chi connectivity index (χ3n) is 3.93. The quantitative estimate of drug-likeness (QED) is 0.832. The van der Waals surface area contributed by atoms with Gasteiger partial charge in [0, 0.05) is 18.8 Å². The summed E-state index contributed by atoms with van der Waals surface area (Å²) in [5.74, 6) is -0.831. The molecule has 0 aromatic heterocycles. The molecule has 4 heteroatoms. The van der Waals surface area contributed by atoms with Crippen LogP contribution in [0.2, 0.25) is 0 Å². The van der Waals surface area contributed by atoms with E-state index in [1.54, 1.807) is 12.1 Å². The van der Waals surface area contributed by atoms with Crippen molar-refractivity contribution in [3.63, 3.8) is 0 Å². The molecule has 1 saturated heterocycles. The monoisotopic (exact) mass is 252 g/mol. The van der Waals surface area contributed by atoms with E-state index in [4.69, 9.17) is 9.47 Å². The van der Waals surface area contributed by atoms with Crippen molar-refractivity contribution in [2.24, 2.45) is 0 Å². The van der Waals surface area contributed by atoms with Crippen LogP contribution >= 0.6 is 0 Å². The van der Waals surface area contributed by atoms with E-state index in [0.29, 0.717) is 26.1 Å². The summed E-state index contributed by atoms with van der Waals surface area (Å²) in [4.78, 5) is 0. The van der Waals surface area contributed by atoms with Gasteiger partial charge in [0.05, 0.1) is 19.3 Å². The van der Waals surface area contributed by atoms with Gasteiger partial charge in [0.15, 0.2) is 5.79 Å². The van der Waals surface area contributed by atoms with Crippen LogP contribution in [-0.4, -0.2) is 30.2 Å². The van der Waals surface area contributed by atoms with E-state index >= 15 is 0 Å². The molecule has 1 heterocycles. The zero-order valence-corrected chi connectivity index (χ0v) is 10.1. The van der Waals surface area contributed by atoms with Gasteiger partial charge >= 0.3 is 0 Å². The summed E-state index contributed by atoms with van der Waals surface area (Å²) in [5.41, 5.74) is 0.946. The molecule has 1 aromatic rings. The van der Waals surface area contributed by atoms with E-state index in [-0.39, 0.29) is 11.7 Å². The third-order valence-corrected chi connectivity index (χ3v) is 3.93. The molecule has 0 unspecified atom stereocenters. The molecule has 1 aromatic carbocycles. The zero-order valence-electron chi connectivity index (χ0n) is 10.1. The van der Waals surface area contributed by atoms with Crippen molar-refractivity contribution in [3.05, 3.63) is 35.6 Å². The van der Waals surface area contributed by atoms with Gasteiger partial charge in [0.25, 0.3) is 0 Å². The molecular formula is C14H17FO3. The molecule has 0 bridgehead atoms. The average molecular weight is 252 g/mol. The Morgan fingerprint density at radius 3 is 2.50 bits per heavy atom. The van der Waals surface area contributed by atoms with Gasteiger partial charge in [-0.3, -0.25) is 0 Å². The predicted octanol–water partition coefficient (Wildman–Crippen LogP) is 2.20. The molecule has 0 amide bonds. The number of rotatable bonds is 1. The van der Waals surface area contributed by atoms with Crippen LogP contribution in [0.5, 0.6) is 0 Å². The molecule has 3 rings (SSSR count). The maximum atomic E-state index is 12.9. The molecule has 2 aliphatic rings. The van der Waals surface area contributed by atoms with E-state index in [2.05, 4.69) is 0 Å². The number of aliphatic hydroxyl groups excluding tert-OH is 1. The third kappa shape index (κ3) is 2.16. The van der Waals surface area contributed by atoms with Crippen LogP contribution < -0.4 is 0 Å². The van der Waals surface area contributed by atoms with Gasteiger partial charge in [-0.1, -0.05) is 12.1 Å². The first-order valence-electron chi connectivity index (χ1n) is 6.40. The van der Waals surface area contributed by atoms with Crippen molar-refractivity contribution < 1.29 is 19.0 Å². The Bertz CT molecular complexity index is 412. The van der Waals surface area contributed by atoms with Gasteiger partial charge in [-0.05, 0) is 24.1 Å². The highest BCUT2D eigenvalue weighted by molar-refractivity contribution is 5.23. The summed E-state index contributed by atoms with van der Waals surface area (Å²) >= 11 is 0. The molecule has 1 aliphatic heterocycles. The highest BCUT2D eigenvalue weighted by Crippen LogP contribution is 2.43. The zero-order chi connectivity index (χ0) is 12.6. The number of ether oxygens (including phenoxy) is 2. The van der Waals surface area contributed by atoms with Crippen LogP contribution in [-0.2, 0) is 9.47 Å². The van der Waals surface area contributed by atoms with E-state index in [1.165, 1.54) is 12.1 Å². The Morgan fingerprint density at radius 1 is 1.17 bits per heavy atom. The number of halogens is 1. The lowest BCUT2D eigenvalue weighted by Gasteiger charge is -2.39. The largest absolute Gasteiger partial charge is 0.392 e. The molecule has 1 aliphatic carbocycles. The van der Waals surface area contributed by atoms with Crippen molar-refractivity contribution >= 4 is 0 Å². The van der Waals surface area contributed by atoms with Gasteiger partial charge < -0.3 is 14.6 Å². The van der Waals surface area contributed by atoms with E-state index in [1.807, 2.05) is 0 Å². The molecule has 98 valence electrons. The van der Waals surface area contributed by atoms with Crippen LogP contribution in [0.25, 0.3) is 0 Å². The maximum absolute atomic E-state index is 12.9. The van der Waals surface area contributed by atoms with Crippen LogP contribution in [0.15, 0.2) is 24.3 Å². The second kappa shape index (κ2) is 4.61. The number of hydrogen-bond donors (Lipinski definition) is 1. The highest BCUT2D eigenvalue weighted by Gasteiger charge is 2.45. The normalized spacial score (nSPS) is 30.8. The molecule has 2 fully saturated rings. The van der Waals surface area contributed by atoms with Gasteiger partial charge in [-0.25, -0.2) is 4.39 Å². The summed E-state index contributed by atoms with van der Waals surface area (Å²) < 4.78 is 24.3. The Hall–Kier alpha value is -0.970. The minimum absolute atomic E-state index is 0.0440. The van der Waals surface area contributed by atoms with Crippen molar-refractivity contribution in [1.82, 2.24) is 0 Å². The summed E-state index contributed by atoms with van der Waals surface area (Å²) in [6.07, 6.45) is 1.61. The Morgan fingerprint density at radius 2 is 1.83 bits per heavy atom. The lowest BCUT2D eigenvalue weighted by molar-refractivity contribution is -0.193. The Labute approximate surface area is 106 Å². The van der Waals surface area contributed by atoms with E-state index < -0.39 is 11.9 Å². The first-order chi connectivity index (χ1) is 8.69. The maximum Gasteiger partial charge on any atom is 0.169 e. The smallest absolute Gasteiger partial charge is 0.169 e. The van der Waals surface area contributed by atoms with Gasteiger partial charge in [-0.2, -0.15) is 0 Å². The highest BCUT2D eigenvalue weighted by atomic mass is 19.1. The first kappa shape index (κ1) is 12.1. The van der Waals surface area contributed by atoms with Crippen molar-refractivity contribution in [2.75, 3.05) is 13.2 Å². The molecule has 18 heavy (non-hydrogen) atoms. The van der Waals surface area contributed by atoms with Crippen LogP contribution in [0, 0.1) is 5.82 Å². The fraction of sp³-hybridized carbons (Fsp3) is 0.571. The summed E-state index contributed by atoms with van der Waals surface area (Å²) in [7, 11) is 0. The lowest BCUT2D eigenvalue weighted by Crippen LogP contribution is -2.41. The first-order valence-corrected chi connectivity index (χ1v) is 6.40. The molecular weight excluding hydrogens is 235 g/mol. The van der Waals surface area contributed by atoms with Gasteiger partial charge in [0.2, 0.25) is 0 Å². The summed E-state index contributed by atoms with van der Waals surface area (Å²) in [6, 6.07) is 6.33. The van der Waals surface area contributed by atoms with Crippen LogP contribution in [0.1, 0.15) is 30.7 Å².